The molecule has 2 saturated heterocycles. The molecule has 0 N–H and O–H groups in total. The molecule has 0 spiro atoms. The molecule has 0 radical (unpaired) electrons. The Labute approximate surface area is 136 Å². The molecule has 23 heavy (non-hydrogen) atoms. The van der Waals surface area contributed by atoms with Crippen molar-refractivity contribution in [2.75, 3.05) is 19.6 Å². The summed E-state index contributed by atoms with van der Waals surface area (Å²) in [5.41, 5.74) is -0.588. The Hall–Kier alpha value is -1.79. The Morgan fingerprint density at radius 2 is 1.74 bits per heavy atom. The van der Waals surface area contributed by atoms with Gasteiger partial charge in [-0.15, -0.1) is 0 Å². The molecule has 130 valence electrons. The van der Waals surface area contributed by atoms with Crippen molar-refractivity contribution in [1.29, 1.82) is 0 Å². The monoisotopic (exact) mass is 326 g/mol. The summed E-state index contributed by atoms with van der Waals surface area (Å²) in [6.07, 6.45) is 2.83. The van der Waals surface area contributed by atoms with Crippen LogP contribution in [0.3, 0.4) is 0 Å². The fraction of sp³-hybridized carbons (Fsp3) is 0.812. The van der Waals surface area contributed by atoms with E-state index in [4.69, 9.17) is 9.47 Å². The minimum absolute atomic E-state index is 0.181. The smallest absolute Gasteiger partial charge is 0.411 e. The Morgan fingerprint density at radius 1 is 1.09 bits per heavy atom. The molecule has 7 nitrogen and oxygen atoms in total. The molecule has 2 aliphatic rings. The average Bonchev–Trinajstić information content (AvgIpc) is 2.96. The van der Waals surface area contributed by atoms with E-state index in [1.165, 1.54) is 4.90 Å². The number of carbonyl (C=O) groups excluding carboxylic acids is 3. The van der Waals surface area contributed by atoms with E-state index in [0.717, 1.165) is 12.8 Å². The van der Waals surface area contributed by atoms with E-state index in [2.05, 4.69) is 0 Å². The molecule has 2 aliphatic heterocycles. The Kier molecular flexibility index (Phi) is 5.49. The summed E-state index contributed by atoms with van der Waals surface area (Å²) in [6.45, 7) is 7.11. The van der Waals surface area contributed by atoms with Crippen molar-refractivity contribution in [3.05, 3.63) is 0 Å². The van der Waals surface area contributed by atoms with Crippen molar-refractivity contribution in [2.24, 2.45) is 0 Å². The third-order valence-electron chi connectivity index (χ3n) is 4.06. The van der Waals surface area contributed by atoms with Gasteiger partial charge < -0.3 is 14.4 Å². The van der Waals surface area contributed by atoms with Gasteiger partial charge in [0, 0.05) is 32.5 Å². The zero-order valence-electron chi connectivity index (χ0n) is 14.1. The van der Waals surface area contributed by atoms with Gasteiger partial charge in [0.25, 0.3) is 0 Å². The molecule has 0 bridgehead atoms. The Bertz CT molecular complexity index is 452. The highest BCUT2D eigenvalue weighted by Gasteiger charge is 2.38. The number of amides is 2. The Balaban J connectivity index is 1.88. The number of piperidine rings is 1. The molecule has 0 aliphatic carbocycles. The van der Waals surface area contributed by atoms with Gasteiger partial charge in [-0.3, -0.25) is 9.69 Å². The van der Waals surface area contributed by atoms with Crippen LogP contribution in [0.2, 0.25) is 0 Å². The van der Waals surface area contributed by atoms with Gasteiger partial charge in [-0.05, 0) is 33.6 Å². The van der Waals surface area contributed by atoms with Gasteiger partial charge in [-0.2, -0.15) is 0 Å². The molecule has 0 aromatic heterocycles. The second kappa shape index (κ2) is 7.19. The predicted molar refractivity (Wildman–Crippen MR) is 82.7 cm³/mol. The quantitative estimate of drug-likeness (QED) is 0.581. The predicted octanol–water partition coefficient (Wildman–Crippen LogP) is 1.55. The maximum Gasteiger partial charge on any atom is 0.411 e. The van der Waals surface area contributed by atoms with Gasteiger partial charge in [-0.1, -0.05) is 0 Å². The van der Waals surface area contributed by atoms with Crippen molar-refractivity contribution in [1.82, 2.24) is 9.80 Å². The largest absolute Gasteiger partial charge is 0.461 e. The summed E-state index contributed by atoms with van der Waals surface area (Å²) >= 11 is 0. The maximum atomic E-state index is 12.4. The van der Waals surface area contributed by atoms with Crippen LogP contribution < -0.4 is 0 Å². The number of likely N-dealkylation sites (tertiary alicyclic amines) is 2. The van der Waals surface area contributed by atoms with Crippen molar-refractivity contribution in [2.45, 2.75) is 64.2 Å². The zero-order valence-corrected chi connectivity index (χ0v) is 14.1. The van der Waals surface area contributed by atoms with E-state index >= 15 is 0 Å². The van der Waals surface area contributed by atoms with Crippen LogP contribution in [0.25, 0.3) is 0 Å². The van der Waals surface area contributed by atoms with Crippen molar-refractivity contribution in [3.63, 3.8) is 0 Å². The van der Waals surface area contributed by atoms with E-state index < -0.39 is 17.7 Å². The van der Waals surface area contributed by atoms with Crippen molar-refractivity contribution >= 4 is 18.5 Å². The molecule has 2 rings (SSSR count). The fourth-order valence-electron chi connectivity index (χ4n) is 2.89. The summed E-state index contributed by atoms with van der Waals surface area (Å²) in [7, 11) is 0. The fourth-order valence-corrected chi connectivity index (χ4v) is 2.89. The number of ether oxygens (including phenoxy) is 2. The normalized spacial score (nSPS) is 22.8. The van der Waals surface area contributed by atoms with Crippen LogP contribution in [-0.2, 0) is 19.1 Å². The summed E-state index contributed by atoms with van der Waals surface area (Å²) < 4.78 is 10.9. The summed E-state index contributed by atoms with van der Waals surface area (Å²) in [6, 6.07) is -0.561. The van der Waals surface area contributed by atoms with Crippen LogP contribution in [0.15, 0.2) is 0 Å². The van der Waals surface area contributed by atoms with Crippen LogP contribution in [0, 0.1) is 0 Å². The number of rotatable bonds is 3. The van der Waals surface area contributed by atoms with E-state index in [0.29, 0.717) is 38.9 Å². The summed E-state index contributed by atoms with van der Waals surface area (Å²) in [5.74, 6) is -0.363. The minimum atomic E-state index is -0.588. The lowest BCUT2D eigenvalue weighted by Gasteiger charge is -2.31. The van der Waals surface area contributed by atoms with Gasteiger partial charge in [0.05, 0.1) is 0 Å². The molecule has 7 heteroatoms. The van der Waals surface area contributed by atoms with Crippen molar-refractivity contribution < 1.29 is 23.9 Å². The van der Waals surface area contributed by atoms with Crippen molar-refractivity contribution in [3.8, 4) is 0 Å². The van der Waals surface area contributed by atoms with Crippen LogP contribution in [0.4, 0.5) is 4.79 Å². The van der Waals surface area contributed by atoms with E-state index in [1.807, 2.05) is 0 Å². The molecule has 1 atom stereocenters. The maximum absolute atomic E-state index is 12.4. The van der Waals surface area contributed by atoms with Gasteiger partial charge in [0.1, 0.15) is 17.7 Å². The minimum Gasteiger partial charge on any atom is -0.461 e. The molecule has 0 unspecified atom stereocenters. The lowest BCUT2D eigenvalue weighted by Crippen LogP contribution is -2.45. The molecule has 2 amide bonds. The second-order valence-electron chi connectivity index (χ2n) is 7.11. The SMILES string of the molecule is CC(C)(C)OC(=O)N1CCC[C@@H]1C(=O)OC1CCN(C=O)CC1. The second-order valence-corrected chi connectivity index (χ2v) is 7.11. The number of nitrogens with zero attached hydrogens (tertiary/aromatic N) is 2. The van der Waals surface area contributed by atoms with Gasteiger partial charge in [0.15, 0.2) is 0 Å². The molecular weight excluding hydrogens is 300 g/mol. The van der Waals surface area contributed by atoms with Crippen LogP contribution in [0.5, 0.6) is 0 Å². The van der Waals surface area contributed by atoms with Crippen LogP contribution in [-0.4, -0.2) is 65.7 Å². The number of carbonyl (C=O) groups is 3. The molecular formula is C16H26N2O5. The van der Waals surface area contributed by atoms with E-state index in [1.54, 1.807) is 25.7 Å². The average molecular weight is 326 g/mol. The third-order valence-corrected chi connectivity index (χ3v) is 4.06. The first kappa shape index (κ1) is 17.6. The standard InChI is InChI=1S/C16H26N2O5/c1-16(2,3)23-15(21)18-8-4-5-13(18)14(20)22-12-6-9-17(11-19)10-7-12/h11-13H,4-10H2,1-3H3/t13-/m1/s1. The molecule has 0 saturated carbocycles. The van der Waals surface area contributed by atoms with Gasteiger partial charge in [0.2, 0.25) is 6.41 Å². The topological polar surface area (TPSA) is 76.2 Å². The molecule has 2 fully saturated rings. The molecule has 0 aromatic rings. The highest BCUT2D eigenvalue weighted by molar-refractivity contribution is 5.82. The third kappa shape index (κ3) is 4.84. The van der Waals surface area contributed by atoms with Crippen LogP contribution in [0.1, 0.15) is 46.5 Å². The highest BCUT2D eigenvalue weighted by atomic mass is 16.6. The Morgan fingerprint density at radius 3 is 2.30 bits per heavy atom. The highest BCUT2D eigenvalue weighted by Crippen LogP contribution is 2.23. The lowest BCUT2D eigenvalue weighted by atomic mass is 10.1. The number of hydrogen-bond donors (Lipinski definition) is 0. The first-order valence-corrected chi connectivity index (χ1v) is 8.19. The zero-order chi connectivity index (χ0) is 17.0. The first-order chi connectivity index (χ1) is 10.8. The van der Waals surface area contributed by atoms with Gasteiger partial charge in [-0.25, -0.2) is 9.59 Å². The van der Waals surface area contributed by atoms with Crippen LogP contribution >= 0.6 is 0 Å². The summed E-state index contributed by atoms with van der Waals surface area (Å²) in [5, 5.41) is 0. The number of hydrogen-bond acceptors (Lipinski definition) is 5. The van der Waals surface area contributed by atoms with E-state index in [-0.39, 0.29) is 12.1 Å². The first-order valence-electron chi connectivity index (χ1n) is 8.19. The number of esters is 1. The summed E-state index contributed by atoms with van der Waals surface area (Å²) in [4.78, 5) is 38.4. The van der Waals surface area contributed by atoms with E-state index in [9.17, 15) is 14.4 Å². The lowest BCUT2D eigenvalue weighted by molar-refractivity contribution is -0.156. The molecule has 2 heterocycles. The molecule has 0 aromatic carbocycles. The van der Waals surface area contributed by atoms with Gasteiger partial charge >= 0.3 is 12.1 Å².